The third-order valence-corrected chi connectivity index (χ3v) is 4.74. The fourth-order valence-corrected chi connectivity index (χ4v) is 3.01. The van der Waals surface area contributed by atoms with Crippen molar-refractivity contribution in [3.63, 3.8) is 0 Å². The van der Waals surface area contributed by atoms with Gasteiger partial charge in [0, 0.05) is 18.7 Å². The van der Waals surface area contributed by atoms with Gasteiger partial charge in [0.15, 0.2) is 0 Å². The first-order valence-electron chi connectivity index (χ1n) is 8.80. The second-order valence-corrected chi connectivity index (χ2v) is 6.91. The summed E-state index contributed by atoms with van der Waals surface area (Å²) in [7, 11) is 0. The van der Waals surface area contributed by atoms with Crippen LogP contribution in [0.5, 0.6) is 0 Å². The number of thiol groups is 1. The molecule has 4 atom stereocenters. The second-order valence-electron chi connectivity index (χ2n) is 6.54. The molecule has 11 nitrogen and oxygen atoms in total. The van der Waals surface area contributed by atoms with Crippen LogP contribution in [0.4, 0.5) is 0 Å². The highest BCUT2D eigenvalue weighted by Crippen LogP contribution is 2.18. The number of nitrogens with two attached hydrogens (primary N) is 1. The molecule has 12 heteroatoms. The van der Waals surface area contributed by atoms with Crippen LogP contribution in [0, 0.1) is 0 Å². The van der Waals surface area contributed by atoms with Gasteiger partial charge in [0.25, 0.3) is 0 Å². The number of hydrogen-bond acceptors (Lipinski definition) is 7. The average Bonchev–Trinajstić information content (AvgIpc) is 3.13. The maximum absolute atomic E-state index is 12.6. The van der Waals surface area contributed by atoms with Crippen LogP contribution in [0.1, 0.15) is 32.6 Å². The van der Waals surface area contributed by atoms with Crippen molar-refractivity contribution in [2.75, 3.05) is 12.3 Å². The van der Waals surface area contributed by atoms with Crippen LogP contribution in [0.25, 0.3) is 0 Å². The lowest BCUT2D eigenvalue weighted by atomic mass is 10.1. The van der Waals surface area contributed by atoms with E-state index in [2.05, 4.69) is 23.3 Å². The summed E-state index contributed by atoms with van der Waals surface area (Å²) in [5.74, 6) is -4.16. The van der Waals surface area contributed by atoms with Crippen molar-refractivity contribution in [3.05, 3.63) is 0 Å². The number of likely N-dealkylation sites (tertiary alicyclic amines) is 1. The fourth-order valence-electron chi connectivity index (χ4n) is 2.77. The summed E-state index contributed by atoms with van der Waals surface area (Å²) < 4.78 is 0. The number of nitrogens with zero attached hydrogens (tertiary/aromatic N) is 1. The van der Waals surface area contributed by atoms with Crippen molar-refractivity contribution < 1.29 is 34.2 Å². The molecular formula is C16H26N4O7S. The summed E-state index contributed by atoms with van der Waals surface area (Å²) in [4.78, 5) is 59.7. The van der Waals surface area contributed by atoms with Gasteiger partial charge in [-0.15, -0.1) is 0 Å². The minimum absolute atomic E-state index is 0.0494. The van der Waals surface area contributed by atoms with E-state index >= 15 is 0 Å². The van der Waals surface area contributed by atoms with Crippen molar-refractivity contribution in [1.82, 2.24) is 15.5 Å². The first kappa shape index (κ1) is 23.7. The number of rotatable bonds is 10. The number of carbonyl (C=O) groups is 5. The van der Waals surface area contributed by atoms with Crippen LogP contribution < -0.4 is 16.4 Å². The maximum atomic E-state index is 12.6. The molecule has 28 heavy (non-hydrogen) atoms. The third kappa shape index (κ3) is 6.68. The van der Waals surface area contributed by atoms with Crippen LogP contribution in [-0.4, -0.2) is 81.2 Å². The number of amides is 3. The van der Waals surface area contributed by atoms with Crippen molar-refractivity contribution in [1.29, 1.82) is 0 Å². The molecule has 0 radical (unpaired) electrons. The van der Waals surface area contributed by atoms with Gasteiger partial charge in [-0.25, -0.2) is 4.79 Å². The molecule has 0 spiro atoms. The average molecular weight is 418 g/mol. The number of carboxylic acids is 2. The molecule has 4 unspecified atom stereocenters. The smallest absolute Gasteiger partial charge is 0.326 e. The molecule has 1 aliphatic heterocycles. The Morgan fingerprint density at radius 2 is 1.82 bits per heavy atom. The molecule has 6 N–H and O–H groups in total. The minimum Gasteiger partial charge on any atom is -0.481 e. The van der Waals surface area contributed by atoms with E-state index in [1.54, 1.807) is 0 Å². The first-order chi connectivity index (χ1) is 13.1. The molecule has 1 rings (SSSR count). The minimum atomic E-state index is -1.11. The van der Waals surface area contributed by atoms with Gasteiger partial charge in [0.05, 0.1) is 6.04 Å². The molecule has 0 aromatic rings. The number of carbonyl (C=O) groups excluding carboxylic acids is 3. The summed E-state index contributed by atoms with van der Waals surface area (Å²) in [6.07, 6.45) is 0.524. The number of aliphatic carboxylic acids is 2. The van der Waals surface area contributed by atoms with Gasteiger partial charge in [-0.1, -0.05) is 0 Å². The highest BCUT2D eigenvalue weighted by molar-refractivity contribution is 7.80. The monoisotopic (exact) mass is 418 g/mol. The Labute approximate surface area is 167 Å². The van der Waals surface area contributed by atoms with E-state index in [0.29, 0.717) is 12.8 Å². The lowest BCUT2D eigenvalue weighted by Gasteiger charge is -2.27. The van der Waals surface area contributed by atoms with E-state index in [1.165, 1.54) is 11.8 Å². The molecule has 158 valence electrons. The van der Waals surface area contributed by atoms with Gasteiger partial charge in [-0.3, -0.25) is 19.2 Å². The molecule has 1 heterocycles. The first-order valence-corrected chi connectivity index (χ1v) is 9.44. The largest absolute Gasteiger partial charge is 0.481 e. The van der Waals surface area contributed by atoms with Gasteiger partial charge in [-0.05, 0) is 26.2 Å². The molecule has 0 saturated carbocycles. The normalized spacial score (nSPS) is 19.4. The summed E-state index contributed by atoms with van der Waals surface area (Å²) in [5, 5.41) is 22.6. The zero-order valence-corrected chi connectivity index (χ0v) is 16.4. The van der Waals surface area contributed by atoms with Gasteiger partial charge in [0.2, 0.25) is 17.7 Å². The molecule has 0 aliphatic carbocycles. The topological polar surface area (TPSA) is 179 Å². The zero-order valence-electron chi connectivity index (χ0n) is 15.5. The number of nitrogens with one attached hydrogen (secondary N) is 2. The van der Waals surface area contributed by atoms with Crippen LogP contribution in [0.2, 0.25) is 0 Å². The molecule has 0 aromatic heterocycles. The Kier molecular flexibility index (Phi) is 9.19. The quantitative estimate of drug-likeness (QED) is 0.224. The third-order valence-electron chi connectivity index (χ3n) is 4.38. The Morgan fingerprint density at radius 1 is 1.18 bits per heavy atom. The fraction of sp³-hybridized carbons (Fsp3) is 0.688. The van der Waals surface area contributed by atoms with E-state index in [0.717, 1.165) is 0 Å². The van der Waals surface area contributed by atoms with E-state index in [9.17, 15) is 29.1 Å². The van der Waals surface area contributed by atoms with E-state index in [4.69, 9.17) is 10.8 Å². The highest BCUT2D eigenvalue weighted by atomic mass is 32.1. The van der Waals surface area contributed by atoms with Crippen LogP contribution in [0.3, 0.4) is 0 Å². The summed E-state index contributed by atoms with van der Waals surface area (Å²) in [6, 6.07) is -4.10. The molecule has 1 aliphatic rings. The predicted octanol–water partition coefficient (Wildman–Crippen LogP) is -1.83. The maximum Gasteiger partial charge on any atom is 0.326 e. The van der Waals surface area contributed by atoms with Crippen LogP contribution >= 0.6 is 12.6 Å². The van der Waals surface area contributed by atoms with E-state index in [-0.39, 0.29) is 25.1 Å². The van der Waals surface area contributed by atoms with Crippen LogP contribution in [0.15, 0.2) is 0 Å². The van der Waals surface area contributed by atoms with Crippen LogP contribution in [-0.2, 0) is 24.0 Å². The van der Waals surface area contributed by atoms with Gasteiger partial charge in [-0.2, -0.15) is 12.6 Å². The van der Waals surface area contributed by atoms with Crippen molar-refractivity contribution in [3.8, 4) is 0 Å². The Balaban J connectivity index is 2.62. The van der Waals surface area contributed by atoms with Gasteiger partial charge >= 0.3 is 11.9 Å². The molecule has 1 saturated heterocycles. The Morgan fingerprint density at radius 3 is 2.36 bits per heavy atom. The second kappa shape index (κ2) is 10.9. The zero-order chi connectivity index (χ0) is 21.4. The Bertz CT molecular complexity index is 630. The summed E-state index contributed by atoms with van der Waals surface area (Å²) in [6.45, 7) is 1.66. The van der Waals surface area contributed by atoms with E-state index < -0.39 is 53.8 Å². The highest BCUT2D eigenvalue weighted by Gasteiger charge is 2.37. The number of carboxylic acid groups (broad SMARTS) is 2. The molecule has 0 aromatic carbocycles. The Hall–Kier alpha value is -2.34. The summed E-state index contributed by atoms with van der Waals surface area (Å²) >= 11 is 4.05. The standard InChI is InChI=1S/C16H26N4O7S/c1-8(18-14(24)9(17)4-5-12(21)22)13(23)19-10(7-28)15(25)20-6-2-3-11(20)16(26)27/h8-11,28H,2-7,17H2,1H3,(H,18,24)(H,19,23)(H,21,22)(H,26,27). The van der Waals surface area contributed by atoms with Gasteiger partial charge < -0.3 is 31.5 Å². The van der Waals surface area contributed by atoms with Gasteiger partial charge in [0.1, 0.15) is 18.1 Å². The molecular weight excluding hydrogens is 392 g/mol. The van der Waals surface area contributed by atoms with Crippen molar-refractivity contribution >= 4 is 42.3 Å². The number of hydrogen-bond donors (Lipinski definition) is 6. The summed E-state index contributed by atoms with van der Waals surface area (Å²) in [5.41, 5.74) is 5.58. The van der Waals surface area contributed by atoms with Crippen molar-refractivity contribution in [2.24, 2.45) is 5.73 Å². The lowest BCUT2D eigenvalue weighted by Crippen LogP contribution is -2.57. The lowest BCUT2D eigenvalue weighted by molar-refractivity contribution is -0.149. The molecule has 3 amide bonds. The molecule has 0 bridgehead atoms. The van der Waals surface area contributed by atoms with Crippen molar-refractivity contribution in [2.45, 2.75) is 56.8 Å². The SMILES string of the molecule is CC(NC(=O)C(N)CCC(=O)O)C(=O)NC(CS)C(=O)N1CCCC1C(=O)O. The van der Waals surface area contributed by atoms with E-state index in [1.807, 2.05) is 0 Å². The predicted molar refractivity (Wildman–Crippen MR) is 101 cm³/mol. The molecule has 1 fully saturated rings.